The van der Waals surface area contributed by atoms with Gasteiger partial charge in [0.2, 0.25) is 0 Å². The van der Waals surface area contributed by atoms with E-state index in [0.717, 1.165) is 6.07 Å². The maximum atomic E-state index is 13.6. The van der Waals surface area contributed by atoms with Gasteiger partial charge in [-0.15, -0.1) is 0 Å². The van der Waals surface area contributed by atoms with Crippen LogP contribution in [0.4, 0.5) is 8.78 Å². The molecule has 1 aromatic carbocycles. The molecule has 1 rings (SSSR count). The monoisotopic (exact) mass is 305 g/mol. The van der Waals surface area contributed by atoms with Crippen LogP contribution in [0.25, 0.3) is 0 Å². The van der Waals surface area contributed by atoms with Gasteiger partial charge >= 0.3 is 0 Å². The van der Waals surface area contributed by atoms with E-state index < -0.39 is 11.6 Å². The lowest BCUT2D eigenvalue weighted by molar-refractivity contribution is -0.118. The fourth-order valence-corrected chi connectivity index (χ4v) is 1.78. The second-order valence-corrected chi connectivity index (χ2v) is 4.91. The van der Waals surface area contributed by atoms with E-state index in [-0.39, 0.29) is 34.7 Å². The first-order valence-electron chi connectivity index (χ1n) is 5.31. The Balaban J connectivity index is 2.74. The quantitative estimate of drug-likeness (QED) is 0.850. The first-order chi connectivity index (χ1) is 7.91. The predicted molar refractivity (Wildman–Crippen MR) is 65.7 cm³/mol. The van der Waals surface area contributed by atoms with Gasteiger partial charge in [-0.3, -0.25) is 4.79 Å². The Morgan fingerprint density at radius 2 is 2.12 bits per heavy atom. The smallest absolute Gasteiger partial charge is 0.143 e. The van der Waals surface area contributed by atoms with Crippen molar-refractivity contribution in [2.45, 2.75) is 32.2 Å². The van der Waals surface area contributed by atoms with Crippen molar-refractivity contribution in [3.8, 4) is 0 Å². The Morgan fingerprint density at radius 1 is 1.47 bits per heavy atom. The van der Waals surface area contributed by atoms with Gasteiger partial charge in [-0.2, -0.15) is 0 Å². The molecule has 0 fully saturated rings. The summed E-state index contributed by atoms with van der Waals surface area (Å²) in [5.74, 6) is -1.61. The van der Waals surface area contributed by atoms with Crippen molar-refractivity contribution < 1.29 is 13.6 Å². The molecule has 0 aromatic heterocycles. The minimum atomic E-state index is -0.709. The molecule has 0 saturated heterocycles. The SMILES string of the molecule is CC(N)CCC(=O)Cc1c(F)ccc(Br)c1F. The molecule has 5 heteroatoms. The summed E-state index contributed by atoms with van der Waals surface area (Å²) in [5.41, 5.74) is 5.32. The Hall–Kier alpha value is -0.810. The van der Waals surface area contributed by atoms with Crippen LogP contribution in [0.2, 0.25) is 0 Å². The molecule has 0 saturated carbocycles. The number of ketones is 1. The minimum Gasteiger partial charge on any atom is -0.328 e. The van der Waals surface area contributed by atoms with Crippen molar-refractivity contribution in [2.75, 3.05) is 0 Å². The number of hydrogen-bond acceptors (Lipinski definition) is 2. The van der Waals surface area contributed by atoms with Gasteiger partial charge in [-0.25, -0.2) is 8.78 Å². The van der Waals surface area contributed by atoms with E-state index in [1.54, 1.807) is 6.92 Å². The van der Waals surface area contributed by atoms with Gasteiger partial charge in [0.05, 0.1) is 4.47 Å². The van der Waals surface area contributed by atoms with Crippen LogP contribution in [-0.4, -0.2) is 11.8 Å². The Kier molecular flexibility index (Phi) is 5.21. The van der Waals surface area contributed by atoms with E-state index in [0.29, 0.717) is 6.42 Å². The van der Waals surface area contributed by atoms with E-state index >= 15 is 0 Å². The van der Waals surface area contributed by atoms with Gasteiger partial charge in [0.1, 0.15) is 17.4 Å². The third kappa shape index (κ3) is 4.16. The number of benzene rings is 1. The lowest BCUT2D eigenvalue weighted by Crippen LogP contribution is -2.17. The standard InChI is InChI=1S/C12H14BrF2NO/c1-7(16)2-3-8(17)6-9-11(14)5-4-10(13)12(9)15/h4-5,7H,2-3,6,16H2,1H3. The van der Waals surface area contributed by atoms with E-state index in [1.807, 2.05) is 0 Å². The van der Waals surface area contributed by atoms with Crippen molar-refractivity contribution in [2.24, 2.45) is 5.73 Å². The summed E-state index contributed by atoms with van der Waals surface area (Å²) in [6, 6.07) is 2.33. The molecule has 0 aliphatic rings. The van der Waals surface area contributed by atoms with Gasteiger partial charge in [-0.1, -0.05) is 0 Å². The zero-order chi connectivity index (χ0) is 13.0. The summed E-state index contributed by atoms with van der Waals surface area (Å²) in [6.45, 7) is 1.79. The predicted octanol–water partition coefficient (Wildman–Crippen LogP) is 2.97. The second-order valence-electron chi connectivity index (χ2n) is 4.05. The normalized spacial score (nSPS) is 12.5. The van der Waals surface area contributed by atoms with Crippen LogP contribution in [0.1, 0.15) is 25.3 Å². The van der Waals surface area contributed by atoms with Crippen molar-refractivity contribution >= 4 is 21.7 Å². The molecule has 1 aromatic rings. The van der Waals surface area contributed by atoms with Crippen molar-refractivity contribution in [1.82, 2.24) is 0 Å². The van der Waals surface area contributed by atoms with Crippen LogP contribution in [0.15, 0.2) is 16.6 Å². The van der Waals surface area contributed by atoms with Crippen molar-refractivity contribution in [3.05, 3.63) is 33.8 Å². The summed E-state index contributed by atoms with van der Waals surface area (Å²) >= 11 is 2.96. The topological polar surface area (TPSA) is 43.1 Å². The number of nitrogens with two attached hydrogens (primary N) is 1. The summed E-state index contributed by atoms with van der Waals surface area (Å²) in [4.78, 5) is 11.5. The molecule has 0 spiro atoms. The Labute approximate surface area is 107 Å². The zero-order valence-electron chi connectivity index (χ0n) is 9.47. The molecule has 0 amide bonds. The third-order valence-corrected chi connectivity index (χ3v) is 3.00. The lowest BCUT2D eigenvalue weighted by atomic mass is 10.0. The molecule has 0 heterocycles. The maximum Gasteiger partial charge on any atom is 0.143 e. The first-order valence-corrected chi connectivity index (χ1v) is 6.10. The Morgan fingerprint density at radius 3 is 2.71 bits per heavy atom. The second kappa shape index (κ2) is 6.21. The van der Waals surface area contributed by atoms with E-state index in [1.165, 1.54) is 6.07 Å². The highest BCUT2D eigenvalue weighted by Crippen LogP contribution is 2.22. The van der Waals surface area contributed by atoms with Crippen LogP contribution in [0.5, 0.6) is 0 Å². The molecule has 0 radical (unpaired) electrons. The van der Waals surface area contributed by atoms with Gasteiger partial charge in [0.15, 0.2) is 0 Å². The van der Waals surface area contributed by atoms with Gasteiger partial charge in [0, 0.05) is 24.4 Å². The molecule has 2 nitrogen and oxygen atoms in total. The van der Waals surface area contributed by atoms with Crippen LogP contribution in [0, 0.1) is 11.6 Å². The summed E-state index contributed by atoms with van der Waals surface area (Å²) < 4.78 is 27.1. The number of carbonyl (C=O) groups excluding carboxylic acids is 1. The van der Waals surface area contributed by atoms with Crippen LogP contribution >= 0.6 is 15.9 Å². The number of Topliss-reactive ketones (excluding diaryl/α,β-unsaturated/α-hetero) is 1. The molecule has 0 aliphatic carbocycles. The zero-order valence-corrected chi connectivity index (χ0v) is 11.1. The van der Waals surface area contributed by atoms with Crippen LogP contribution in [-0.2, 0) is 11.2 Å². The molecule has 0 bridgehead atoms. The van der Waals surface area contributed by atoms with E-state index in [2.05, 4.69) is 15.9 Å². The average molecular weight is 306 g/mol. The first kappa shape index (κ1) is 14.3. The molecule has 2 N–H and O–H groups in total. The fourth-order valence-electron chi connectivity index (χ4n) is 1.41. The molecule has 1 atom stereocenters. The number of halogens is 3. The maximum absolute atomic E-state index is 13.6. The fraction of sp³-hybridized carbons (Fsp3) is 0.417. The Bertz CT molecular complexity index is 421. The van der Waals surface area contributed by atoms with E-state index in [4.69, 9.17) is 5.73 Å². The summed E-state index contributed by atoms with van der Waals surface area (Å²) in [7, 11) is 0. The molecule has 0 aliphatic heterocycles. The lowest BCUT2D eigenvalue weighted by Gasteiger charge is -2.07. The van der Waals surface area contributed by atoms with E-state index in [9.17, 15) is 13.6 Å². The van der Waals surface area contributed by atoms with Gasteiger partial charge in [-0.05, 0) is 41.4 Å². The van der Waals surface area contributed by atoms with Gasteiger partial charge in [0.25, 0.3) is 0 Å². The van der Waals surface area contributed by atoms with Crippen LogP contribution in [0.3, 0.4) is 0 Å². The third-order valence-electron chi connectivity index (χ3n) is 2.39. The largest absolute Gasteiger partial charge is 0.328 e. The number of carbonyl (C=O) groups is 1. The van der Waals surface area contributed by atoms with Gasteiger partial charge < -0.3 is 5.73 Å². The number of hydrogen-bond donors (Lipinski definition) is 1. The molecule has 1 unspecified atom stereocenters. The molecule has 17 heavy (non-hydrogen) atoms. The molecule has 94 valence electrons. The van der Waals surface area contributed by atoms with Crippen molar-refractivity contribution in [1.29, 1.82) is 0 Å². The summed E-state index contributed by atoms with van der Waals surface area (Å²) in [6.07, 6.45) is 0.531. The molecular formula is C12H14BrF2NO. The van der Waals surface area contributed by atoms with Crippen LogP contribution < -0.4 is 5.73 Å². The highest BCUT2D eigenvalue weighted by atomic mass is 79.9. The van der Waals surface area contributed by atoms with Crippen molar-refractivity contribution in [3.63, 3.8) is 0 Å². The minimum absolute atomic E-state index is 0.0869. The highest BCUT2D eigenvalue weighted by Gasteiger charge is 2.15. The molecular weight excluding hydrogens is 292 g/mol. The number of rotatable bonds is 5. The highest BCUT2D eigenvalue weighted by molar-refractivity contribution is 9.10. The summed E-state index contributed by atoms with van der Waals surface area (Å²) in [5, 5.41) is 0. The average Bonchev–Trinajstić information content (AvgIpc) is 2.27.